The van der Waals surface area contributed by atoms with Crippen LogP contribution in [-0.4, -0.2) is 33.0 Å². The molecule has 0 saturated heterocycles. The van der Waals surface area contributed by atoms with Crippen LogP contribution < -0.4 is 4.90 Å². The number of benzene rings is 2. The smallest absolute Gasteiger partial charge is 0.240 e. The highest BCUT2D eigenvalue weighted by Crippen LogP contribution is 2.27. The molecule has 26 heavy (non-hydrogen) atoms. The number of hydrogen-bond donors (Lipinski definition) is 0. The van der Waals surface area contributed by atoms with Gasteiger partial charge in [0.05, 0.1) is 5.25 Å². The van der Waals surface area contributed by atoms with Gasteiger partial charge in [-0.05, 0) is 43.3 Å². The van der Waals surface area contributed by atoms with E-state index in [1.807, 2.05) is 73.1 Å². The first-order valence-corrected chi connectivity index (χ1v) is 9.37. The summed E-state index contributed by atoms with van der Waals surface area (Å²) in [6.45, 7) is 1.88. The van der Waals surface area contributed by atoms with Crippen molar-refractivity contribution in [1.82, 2.24) is 14.8 Å². The van der Waals surface area contributed by atoms with Gasteiger partial charge in [-0.15, -0.1) is 10.2 Å². The van der Waals surface area contributed by atoms with Crippen LogP contribution in [0, 0.1) is 0 Å². The number of anilines is 1. The lowest BCUT2D eigenvalue weighted by molar-refractivity contribution is -0.117. The van der Waals surface area contributed by atoms with Crippen LogP contribution in [0.4, 0.5) is 5.69 Å². The summed E-state index contributed by atoms with van der Waals surface area (Å²) in [6, 6.07) is 17.0. The normalized spacial score (nSPS) is 12.0. The fraction of sp³-hybridized carbons (Fsp3) is 0.211. The Morgan fingerprint density at radius 2 is 1.77 bits per heavy atom. The van der Waals surface area contributed by atoms with Gasteiger partial charge in [0.2, 0.25) is 5.91 Å². The van der Waals surface area contributed by atoms with Crippen LogP contribution in [0.25, 0.3) is 11.4 Å². The van der Waals surface area contributed by atoms with E-state index < -0.39 is 0 Å². The molecule has 0 unspecified atom stereocenters. The SMILES string of the molecule is C[C@H](Sc1nnc(-c2ccc(Cl)cc2)n1C)C(=O)N(C)c1ccccc1. The van der Waals surface area contributed by atoms with Gasteiger partial charge in [0, 0.05) is 30.4 Å². The van der Waals surface area contributed by atoms with E-state index in [0.717, 1.165) is 17.1 Å². The van der Waals surface area contributed by atoms with Crippen LogP contribution in [0.1, 0.15) is 6.92 Å². The number of halogens is 1. The zero-order chi connectivity index (χ0) is 18.7. The summed E-state index contributed by atoms with van der Waals surface area (Å²) < 4.78 is 1.89. The van der Waals surface area contributed by atoms with Crippen molar-refractivity contribution in [2.45, 2.75) is 17.3 Å². The number of thioether (sulfide) groups is 1. The number of amides is 1. The van der Waals surface area contributed by atoms with Crippen molar-refractivity contribution in [1.29, 1.82) is 0 Å². The molecule has 1 heterocycles. The second kappa shape index (κ2) is 7.93. The second-order valence-electron chi connectivity index (χ2n) is 5.86. The fourth-order valence-electron chi connectivity index (χ4n) is 2.53. The molecule has 7 heteroatoms. The Morgan fingerprint density at radius 3 is 2.42 bits per heavy atom. The molecule has 0 fully saturated rings. The minimum atomic E-state index is -0.291. The summed E-state index contributed by atoms with van der Waals surface area (Å²) in [6.07, 6.45) is 0. The van der Waals surface area contributed by atoms with Gasteiger partial charge in [-0.3, -0.25) is 4.79 Å². The molecule has 0 aliphatic heterocycles. The maximum Gasteiger partial charge on any atom is 0.240 e. The fourth-order valence-corrected chi connectivity index (χ4v) is 3.56. The Bertz CT molecular complexity index is 896. The average Bonchev–Trinajstić information content (AvgIpc) is 3.02. The van der Waals surface area contributed by atoms with Gasteiger partial charge in [0.15, 0.2) is 11.0 Å². The van der Waals surface area contributed by atoms with Gasteiger partial charge in [-0.1, -0.05) is 41.6 Å². The number of nitrogens with zero attached hydrogens (tertiary/aromatic N) is 4. The molecule has 1 aromatic heterocycles. The highest BCUT2D eigenvalue weighted by Gasteiger charge is 2.22. The molecule has 0 aliphatic carbocycles. The highest BCUT2D eigenvalue weighted by atomic mass is 35.5. The third-order valence-electron chi connectivity index (χ3n) is 4.04. The van der Waals surface area contributed by atoms with Gasteiger partial charge < -0.3 is 9.47 Å². The first kappa shape index (κ1) is 18.5. The number of hydrogen-bond acceptors (Lipinski definition) is 4. The highest BCUT2D eigenvalue weighted by molar-refractivity contribution is 8.00. The molecule has 0 saturated carbocycles. The van der Waals surface area contributed by atoms with E-state index in [1.54, 1.807) is 11.9 Å². The molecule has 134 valence electrons. The largest absolute Gasteiger partial charge is 0.315 e. The number of carbonyl (C=O) groups is 1. The minimum absolute atomic E-state index is 0.0113. The van der Waals surface area contributed by atoms with Crippen molar-refractivity contribution >= 4 is 35.0 Å². The molecule has 0 radical (unpaired) electrons. The molecular formula is C19H19ClN4OS. The molecule has 5 nitrogen and oxygen atoms in total. The number of carbonyl (C=O) groups excluding carboxylic acids is 1. The summed E-state index contributed by atoms with van der Waals surface area (Å²) in [7, 11) is 3.68. The lowest BCUT2D eigenvalue weighted by atomic mass is 10.2. The Kier molecular flexibility index (Phi) is 5.64. The van der Waals surface area contributed by atoms with E-state index in [2.05, 4.69) is 10.2 Å². The molecule has 2 aromatic carbocycles. The third-order valence-corrected chi connectivity index (χ3v) is 5.41. The summed E-state index contributed by atoms with van der Waals surface area (Å²) in [5.74, 6) is 0.748. The van der Waals surface area contributed by atoms with E-state index in [4.69, 9.17) is 11.6 Å². The summed E-state index contributed by atoms with van der Waals surface area (Å²) in [5.41, 5.74) is 1.79. The first-order chi connectivity index (χ1) is 12.5. The molecule has 1 amide bonds. The summed E-state index contributed by atoms with van der Waals surface area (Å²) in [5, 5.41) is 9.57. The summed E-state index contributed by atoms with van der Waals surface area (Å²) >= 11 is 7.33. The Hall–Kier alpha value is -2.31. The van der Waals surface area contributed by atoms with Crippen molar-refractivity contribution in [2.75, 3.05) is 11.9 Å². The topological polar surface area (TPSA) is 51.0 Å². The van der Waals surface area contributed by atoms with E-state index >= 15 is 0 Å². The predicted molar refractivity (Wildman–Crippen MR) is 107 cm³/mol. The molecule has 3 aromatic rings. The Balaban J connectivity index is 1.74. The number of para-hydroxylation sites is 1. The minimum Gasteiger partial charge on any atom is -0.315 e. The monoisotopic (exact) mass is 386 g/mol. The Labute approximate surface area is 162 Å². The molecule has 0 spiro atoms. The van der Waals surface area contributed by atoms with Crippen molar-refractivity contribution in [3.8, 4) is 11.4 Å². The van der Waals surface area contributed by atoms with Crippen molar-refractivity contribution < 1.29 is 4.79 Å². The van der Waals surface area contributed by atoms with Gasteiger partial charge in [0.25, 0.3) is 0 Å². The molecule has 0 aliphatic rings. The third kappa shape index (κ3) is 3.92. The van der Waals surface area contributed by atoms with Crippen LogP contribution in [0.3, 0.4) is 0 Å². The summed E-state index contributed by atoms with van der Waals surface area (Å²) in [4.78, 5) is 14.4. The van der Waals surface area contributed by atoms with E-state index in [-0.39, 0.29) is 11.2 Å². The maximum atomic E-state index is 12.7. The lowest BCUT2D eigenvalue weighted by Gasteiger charge is -2.20. The zero-order valence-electron chi connectivity index (χ0n) is 14.8. The van der Waals surface area contributed by atoms with Crippen molar-refractivity contribution in [3.05, 3.63) is 59.6 Å². The number of aromatic nitrogens is 3. The molecule has 1 atom stereocenters. The van der Waals surface area contributed by atoms with Gasteiger partial charge in [-0.2, -0.15) is 0 Å². The van der Waals surface area contributed by atoms with Crippen molar-refractivity contribution in [3.63, 3.8) is 0 Å². The van der Waals surface area contributed by atoms with Crippen LogP contribution in [0.15, 0.2) is 59.8 Å². The van der Waals surface area contributed by atoms with Crippen LogP contribution in [0.2, 0.25) is 5.02 Å². The molecule has 0 bridgehead atoms. The van der Waals surface area contributed by atoms with Crippen LogP contribution >= 0.6 is 23.4 Å². The first-order valence-electron chi connectivity index (χ1n) is 8.12. The quantitative estimate of drug-likeness (QED) is 0.614. The van der Waals surface area contributed by atoms with Crippen LogP contribution in [0.5, 0.6) is 0 Å². The number of rotatable bonds is 5. The second-order valence-corrected chi connectivity index (χ2v) is 7.61. The standard InChI is InChI=1S/C19H19ClN4OS/c1-13(18(25)23(2)16-7-5-4-6-8-16)26-19-22-21-17(24(19)3)14-9-11-15(20)12-10-14/h4-13H,1-3H3/t13-/m0/s1. The molecule has 3 rings (SSSR count). The van der Waals surface area contributed by atoms with E-state index in [9.17, 15) is 4.79 Å². The molecular weight excluding hydrogens is 368 g/mol. The van der Waals surface area contributed by atoms with Gasteiger partial charge >= 0.3 is 0 Å². The van der Waals surface area contributed by atoms with E-state index in [1.165, 1.54) is 11.8 Å². The zero-order valence-corrected chi connectivity index (χ0v) is 16.3. The molecule has 0 N–H and O–H groups in total. The van der Waals surface area contributed by atoms with E-state index in [0.29, 0.717) is 10.2 Å². The predicted octanol–water partition coefficient (Wildman–Crippen LogP) is 4.28. The van der Waals surface area contributed by atoms with Gasteiger partial charge in [-0.25, -0.2) is 0 Å². The van der Waals surface area contributed by atoms with Crippen molar-refractivity contribution in [2.24, 2.45) is 7.05 Å². The Morgan fingerprint density at radius 1 is 1.12 bits per heavy atom. The van der Waals surface area contributed by atoms with Crippen LogP contribution in [-0.2, 0) is 11.8 Å². The maximum absolute atomic E-state index is 12.7. The average molecular weight is 387 g/mol. The van der Waals surface area contributed by atoms with Gasteiger partial charge in [0.1, 0.15) is 0 Å². The lowest BCUT2D eigenvalue weighted by Crippen LogP contribution is -2.33.